The maximum atomic E-state index is 13.4. The summed E-state index contributed by atoms with van der Waals surface area (Å²) in [7, 11) is -0.600. The van der Waals surface area contributed by atoms with Crippen LogP contribution < -0.4 is 19.1 Å². The van der Waals surface area contributed by atoms with E-state index in [4.69, 9.17) is 9.47 Å². The fourth-order valence-electron chi connectivity index (χ4n) is 4.09. The lowest BCUT2D eigenvalue weighted by molar-refractivity contribution is -0.115. The van der Waals surface area contributed by atoms with E-state index in [0.29, 0.717) is 29.4 Å². The van der Waals surface area contributed by atoms with Crippen molar-refractivity contribution < 1.29 is 22.7 Å². The van der Waals surface area contributed by atoms with Crippen LogP contribution in [-0.4, -0.2) is 35.1 Å². The SMILES string of the molecule is COc1ccc(CC(=O)Nc2ccc3c(c2)N(S(=O)(=O)c2ccc(C)cc2)CCC3)cc1OC. The molecule has 0 unspecified atom stereocenters. The van der Waals surface area contributed by atoms with Gasteiger partial charge in [0.25, 0.3) is 10.0 Å². The summed E-state index contributed by atoms with van der Waals surface area (Å²) >= 11 is 0. The molecule has 0 radical (unpaired) electrons. The number of fused-ring (bicyclic) bond motifs is 1. The molecule has 178 valence electrons. The first-order valence-electron chi connectivity index (χ1n) is 11.0. The Morgan fingerprint density at radius 3 is 2.41 bits per heavy atom. The summed E-state index contributed by atoms with van der Waals surface area (Å²) in [6, 6.07) is 17.6. The van der Waals surface area contributed by atoms with E-state index in [0.717, 1.165) is 29.5 Å². The van der Waals surface area contributed by atoms with Crippen LogP contribution in [0.1, 0.15) is 23.1 Å². The van der Waals surface area contributed by atoms with E-state index < -0.39 is 10.0 Å². The van der Waals surface area contributed by atoms with E-state index in [2.05, 4.69) is 5.32 Å². The largest absolute Gasteiger partial charge is 0.493 e. The Kier molecular flexibility index (Phi) is 6.79. The van der Waals surface area contributed by atoms with Gasteiger partial charge in [-0.1, -0.05) is 29.8 Å². The summed E-state index contributed by atoms with van der Waals surface area (Å²) in [5, 5.41) is 2.89. The van der Waals surface area contributed by atoms with Gasteiger partial charge >= 0.3 is 0 Å². The second-order valence-electron chi connectivity index (χ2n) is 8.25. The third-order valence-corrected chi connectivity index (χ3v) is 7.69. The van der Waals surface area contributed by atoms with Gasteiger partial charge in [0.2, 0.25) is 5.91 Å². The number of aryl methyl sites for hydroxylation is 2. The highest BCUT2D eigenvalue weighted by Gasteiger charge is 2.29. The lowest BCUT2D eigenvalue weighted by Gasteiger charge is -2.31. The summed E-state index contributed by atoms with van der Waals surface area (Å²) in [5.74, 6) is 0.936. The van der Waals surface area contributed by atoms with Gasteiger partial charge in [-0.15, -0.1) is 0 Å². The van der Waals surface area contributed by atoms with Crippen LogP contribution >= 0.6 is 0 Å². The van der Waals surface area contributed by atoms with Crippen molar-refractivity contribution in [1.82, 2.24) is 0 Å². The van der Waals surface area contributed by atoms with Crippen molar-refractivity contribution in [3.05, 3.63) is 77.4 Å². The molecular formula is C26H28N2O5S. The number of amides is 1. The Bertz CT molecular complexity index is 1300. The summed E-state index contributed by atoms with van der Waals surface area (Å²) in [6.07, 6.45) is 1.67. The fraction of sp³-hybridized carbons (Fsp3) is 0.269. The number of carbonyl (C=O) groups excluding carboxylic acids is 1. The second kappa shape index (κ2) is 9.77. The van der Waals surface area contributed by atoms with Crippen molar-refractivity contribution >= 4 is 27.3 Å². The highest BCUT2D eigenvalue weighted by molar-refractivity contribution is 7.92. The molecule has 0 fully saturated rings. The van der Waals surface area contributed by atoms with Crippen molar-refractivity contribution in [1.29, 1.82) is 0 Å². The normalized spacial score (nSPS) is 13.2. The van der Waals surface area contributed by atoms with Gasteiger partial charge in [0.05, 0.1) is 31.2 Å². The Labute approximate surface area is 200 Å². The van der Waals surface area contributed by atoms with E-state index in [-0.39, 0.29) is 17.2 Å². The number of carbonyl (C=O) groups is 1. The first kappa shape index (κ1) is 23.6. The van der Waals surface area contributed by atoms with Crippen LogP contribution in [0.3, 0.4) is 0 Å². The third kappa shape index (κ3) is 4.87. The summed E-state index contributed by atoms with van der Waals surface area (Å²) in [5.41, 5.74) is 3.87. The molecule has 1 aliphatic heterocycles. The Balaban J connectivity index is 1.55. The van der Waals surface area contributed by atoms with Crippen LogP contribution in [0.25, 0.3) is 0 Å². The molecule has 0 saturated carbocycles. The summed E-state index contributed by atoms with van der Waals surface area (Å²) in [6.45, 7) is 2.32. The number of anilines is 2. The predicted molar refractivity (Wildman–Crippen MR) is 132 cm³/mol. The van der Waals surface area contributed by atoms with Gasteiger partial charge < -0.3 is 14.8 Å². The minimum atomic E-state index is -3.71. The minimum absolute atomic E-state index is 0.142. The molecule has 0 aliphatic carbocycles. The zero-order valence-electron chi connectivity index (χ0n) is 19.5. The van der Waals surface area contributed by atoms with Crippen LogP contribution in [0, 0.1) is 6.92 Å². The molecule has 34 heavy (non-hydrogen) atoms. The minimum Gasteiger partial charge on any atom is -0.493 e. The Hall–Kier alpha value is -3.52. The van der Waals surface area contributed by atoms with Gasteiger partial charge in [-0.3, -0.25) is 9.10 Å². The van der Waals surface area contributed by atoms with E-state index in [9.17, 15) is 13.2 Å². The zero-order valence-corrected chi connectivity index (χ0v) is 20.3. The maximum Gasteiger partial charge on any atom is 0.264 e. The predicted octanol–water partition coefficient (Wildman–Crippen LogP) is 4.33. The van der Waals surface area contributed by atoms with Crippen LogP contribution in [-0.2, 0) is 27.7 Å². The van der Waals surface area contributed by atoms with Gasteiger partial charge in [0.15, 0.2) is 11.5 Å². The zero-order chi connectivity index (χ0) is 24.3. The number of hydrogen-bond acceptors (Lipinski definition) is 5. The quantitative estimate of drug-likeness (QED) is 0.544. The van der Waals surface area contributed by atoms with E-state index in [1.807, 2.05) is 25.1 Å². The maximum absolute atomic E-state index is 13.4. The number of nitrogens with one attached hydrogen (secondary N) is 1. The summed E-state index contributed by atoms with van der Waals surface area (Å²) in [4.78, 5) is 13.0. The van der Waals surface area contributed by atoms with Crippen molar-refractivity contribution in [3.63, 3.8) is 0 Å². The van der Waals surface area contributed by atoms with Crippen molar-refractivity contribution in [3.8, 4) is 11.5 Å². The molecule has 0 spiro atoms. The van der Waals surface area contributed by atoms with Crippen molar-refractivity contribution in [2.45, 2.75) is 31.1 Å². The first-order chi connectivity index (χ1) is 16.3. The van der Waals surface area contributed by atoms with E-state index >= 15 is 0 Å². The van der Waals surface area contributed by atoms with Crippen LogP contribution in [0.4, 0.5) is 11.4 Å². The molecule has 4 rings (SSSR count). The molecule has 1 aliphatic rings. The van der Waals surface area contributed by atoms with E-state index in [1.165, 1.54) is 4.31 Å². The molecule has 1 N–H and O–H groups in total. The average molecular weight is 481 g/mol. The van der Waals surface area contributed by atoms with Crippen molar-refractivity contribution in [2.24, 2.45) is 0 Å². The average Bonchev–Trinajstić information content (AvgIpc) is 2.83. The Morgan fingerprint density at radius 1 is 0.971 bits per heavy atom. The smallest absolute Gasteiger partial charge is 0.264 e. The first-order valence-corrected chi connectivity index (χ1v) is 12.5. The molecule has 8 heteroatoms. The summed E-state index contributed by atoms with van der Waals surface area (Å²) < 4.78 is 38.7. The number of nitrogens with zero attached hydrogens (tertiary/aromatic N) is 1. The second-order valence-corrected chi connectivity index (χ2v) is 10.1. The van der Waals surface area contributed by atoms with Crippen LogP contribution in [0.15, 0.2) is 65.6 Å². The molecule has 0 saturated heterocycles. The van der Waals surface area contributed by atoms with Gasteiger partial charge in [-0.05, 0) is 67.3 Å². The highest BCUT2D eigenvalue weighted by atomic mass is 32.2. The third-order valence-electron chi connectivity index (χ3n) is 5.87. The number of sulfonamides is 1. The molecule has 7 nitrogen and oxygen atoms in total. The molecule has 3 aromatic carbocycles. The standard InChI is InChI=1S/C26H28N2O5S/c1-18-6-11-22(12-7-18)34(30,31)28-14-4-5-20-9-10-21(17-23(20)28)27-26(29)16-19-8-13-24(32-2)25(15-19)33-3/h6-13,15,17H,4-5,14,16H2,1-3H3,(H,27,29). The van der Waals surface area contributed by atoms with Crippen LogP contribution in [0.5, 0.6) is 11.5 Å². The molecular weight excluding hydrogens is 452 g/mol. The van der Waals surface area contributed by atoms with Crippen LogP contribution in [0.2, 0.25) is 0 Å². The molecule has 0 bridgehead atoms. The van der Waals surface area contributed by atoms with Crippen molar-refractivity contribution in [2.75, 3.05) is 30.4 Å². The Morgan fingerprint density at radius 2 is 1.71 bits per heavy atom. The lowest BCUT2D eigenvalue weighted by Crippen LogP contribution is -2.35. The molecule has 0 aromatic heterocycles. The van der Waals surface area contributed by atoms with Gasteiger partial charge in [-0.2, -0.15) is 0 Å². The topological polar surface area (TPSA) is 84.9 Å². The highest BCUT2D eigenvalue weighted by Crippen LogP contribution is 2.34. The molecule has 0 atom stereocenters. The van der Waals surface area contributed by atoms with E-state index in [1.54, 1.807) is 56.7 Å². The number of hydrogen-bond donors (Lipinski definition) is 1. The van der Waals surface area contributed by atoms with Gasteiger partial charge in [0, 0.05) is 12.2 Å². The number of benzene rings is 3. The molecule has 1 amide bonds. The van der Waals surface area contributed by atoms with Gasteiger partial charge in [0.1, 0.15) is 0 Å². The molecule has 3 aromatic rings. The number of ether oxygens (including phenoxy) is 2. The fourth-order valence-corrected chi connectivity index (χ4v) is 5.62. The monoisotopic (exact) mass is 480 g/mol. The van der Waals surface area contributed by atoms with Gasteiger partial charge in [-0.25, -0.2) is 8.42 Å². The molecule has 1 heterocycles. The lowest BCUT2D eigenvalue weighted by atomic mass is 10.0. The number of rotatable bonds is 7. The number of methoxy groups -OCH3 is 2.